The van der Waals surface area contributed by atoms with Crippen molar-refractivity contribution in [2.75, 3.05) is 6.54 Å². The summed E-state index contributed by atoms with van der Waals surface area (Å²) in [5, 5.41) is 2.17. The molecule has 0 amide bonds. The summed E-state index contributed by atoms with van der Waals surface area (Å²) >= 11 is 5.40. The molecular formula is C15H25BrN2S. The number of thiophene rings is 1. The lowest BCUT2D eigenvalue weighted by Crippen LogP contribution is -2.47. The molecule has 1 fully saturated rings. The maximum atomic E-state index is 6.32. The van der Waals surface area contributed by atoms with Crippen molar-refractivity contribution < 1.29 is 0 Å². The molecule has 0 aliphatic carbocycles. The van der Waals surface area contributed by atoms with E-state index in [-0.39, 0.29) is 6.04 Å². The van der Waals surface area contributed by atoms with E-state index >= 15 is 0 Å². The average molecular weight is 345 g/mol. The van der Waals surface area contributed by atoms with Gasteiger partial charge in [0, 0.05) is 26.8 Å². The van der Waals surface area contributed by atoms with E-state index in [1.54, 1.807) is 0 Å². The summed E-state index contributed by atoms with van der Waals surface area (Å²) in [7, 11) is 0. The fourth-order valence-corrected chi connectivity index (χ4v) is 4.92. The monoisotopic (exact) mass is 344 g/mol. The highest BCUT2D eigenvalue weighted by Crippen LogP contribution is 2.36. The van der Waals surface area contributed by atoms with E-state index in [1.165, 1.54) is 48.0 Å². The third-order valence-electron chi connectivity index (χ3n) is 4.03. The van der Waals surface area contributed by atoms with Gasteiger partial charge in [-0.1, -0.05) is 19.8 Å². The Hall–Kier alpha value is 0.1000. The highest BCUT2D eigenvalue weighted by atomic mass is 79.9. The number of hydrogen-bond acceptors (Lipinski definition) is 3. The topological polar surface area (TPSA) is 29.3 Å². The van der Waals surface area contributed by atoms with Gasteiger partial charge in [0.05, 0.1) is 6.04 Å². The highest BCUT2D eigenvalue weighted by Gasteiger charge is 2.32. The first-order chi connectivity index (χ1) is 9.13. The average Bonchev–Trinajstić information content (AvgIpc) is 2.78. The Bertz CT molecular complexity index is 389. The van der Waals surface area contributed by atoms with Crippen LogP contribution in [0.4, 0.5) is 0 Å². The van der Waals surface area contributed by atoms with Crippen molar-refractivity contribution in [3.63, 3.8) is 0 Å². The van der Waals surface area contributed by atoms with Gasteiger partial charge in [0.1, 0.15) is 0 Å². The third kappa shape index (κ3) is 3.81. The van der Waals surface area contributed by atoms with Crippen molar-refractivity contribution in [3.05, 3.63) is 20.8 Å². The zero-order valence-electron chi connectivity index (χ0n) is 11.9. The van der Waals surface area contributed by atoms with Crippen LogP contribution in [0, 0.1) is 0 Å². The zero-order chi connectivity index (χ0) is 13.8. The van der Waals surface area contributed by atoms with Gasteiger partial charge in [-0.15, -0.1) is 11.3 Å². The van der Waals surface area contributed by atoms with E-state index in [1.807, 2.05) is 11.3 Å². The molecule has 1 aromatic rings. The highest BCUT2D eigenvalue weighted by molar-refractivity contribution is 9.10. The van der Waals surface area contributed by atoms with E-state index in [0.29, 0.717) is 6.04 Å². The smallest absolute Gasteiger partial charge is 0.0593 e. The maximum Gasteiger partial charge on any atom is 0.0593 e. The second-order valence-electron chi connectivity index (χ2n) is 5.65. The number of halogens is 1. The van der Waals surface area contributed by atoms with Crippen molar-refractivity contribution in [2.45, 2.75) is 64.1 Å². The summed E-state index contributed by atoms with van der Waals surface area (Å²) in [6, 6.07) is 3.53. The summed E-state index contributed by atoms with van der Waals surface area (Å²) < 4.78 is 1.18. The minimum Gasteiger partial charge on any atom is -0.326 e. The first-order valence-electron chi connectivity index (χ1n) is 7.38. The zero-order valence-corrected chi connectivity index (χ0v) is 14.3. The van der Waals surface area contributed by atoms with Gasteiger partial charge in [-0.3, -0.25) is 4.90 Å². The Balaban J connectivity index is 2.21. The molecule has 0 aromatic carbocycles. The molecule has 108 valence electrons. The Morgan fingerprint density at radius 2 is 2.32 bits per heavy atom. The number of likely N-dealkylation sites (tertiary alicyclic amines) is 1. The second-order valence-corrected chi connectivity index (χ2v) is 7.51. The number of nitrogens with two attached hydrogens (primary N) is 1. The largest absolute Gasteiger partial charge is 0.326 e. The third-order valence-corrected chi connectivity index (χ3v) is 5.79. The van der Waals surface area contributed by atoms with Gasteiger partial charge in [0.25, 0.3) is 0 Å². The maximum absolute atomic E-state index is 6.32. The molecular weight excluding hydrogens is 320 g/mol. The molecule has 3 atom stereocenters. The van der Waals surface area contributed by atoms with Gasteiger partial charge in [0.15, 0.2) is 0 Å². The van der Waals surface area contributed by atoms with Gasteiger partial charge in [-0.25, -0.2) is 0 Å². The van der Waals surface area contributed by atoms with Crippen LogP contribution in [0.3, 0.4) is 0 Å². The van der Waals surface area contributed by atoms with Crippen molar-refractivity contribution in [1.29, 1.82) is 0 Å². The van der Waals surface area contributed by atoms with Gasteiger partial charge in [0.2, 0.25) is 0 Å². The molecule has 4 heteroatoms. The molecule has 1 aliphatic rings. The van der Waals surface area contributed by atoms with Crippen LogP contribution in [0.2, 0.25) is 0 Å². The molecule has 1 saturated heterocycles. The molecule has 3 unspecified atom stereocenters. The Morgan fingerprint density at radius 1 is 1.53 bits per heavy atom. The van der Waals surface area contributed by atoms with Gasteiger partial charge in [-0.05, 0) is 54.7 Å². The molecule has 2 nitrogen and oxygen atoms in total. The van der Waals surface area contributed by atoms with E-state index in [4.69, 9.17) is 5.73 Å². The van der Waals surface area contributed by atoms with Crippen LogP contribution < -0.4 is 5.73 Å². The molecule has 19 heavy (non-hydrogen) atoms. The van der Waals surface area contributed by atoms with Crippen molar-refractivity contribution >= 4 is 27.3 Å². The number of piperidine rings is 1. The molecule has 2 N–H and O–H groups in total. The lowest BCUT2D eigenvalue weighted by Gasteiger charge is -2.42. The van der Waals surface area contributed by atoms with Crippen LogP contribution in [-0.4, -0.2) is 23.5 Å². The normalized spacial score (nSPS) is 24.3. The second kappa shape index (κ2) is 7.21. The molecule has 0 radical (unpaired) electrons. The van der Waals surface area contributed by atoms with Crippen LogP contribution in [-0.2, 0) is 0 Å². The summed E-state index contributed by atoms with van der Waals surface area (Å²) in [5.41, 5.74) is 6.32. The number of hydrogen-bond donors (Lipinski definition) is 1. The predicted octanol–water partition coefficient (Wildman–Crippen LogP) is 4.55. The minimum absolute atomic E-state index is 0.183. The van der Waals surface area contributed by atoms with Crippen molar-refractivity contribution in [1.82, 2.24) is 4.90 Å². The van der Waals surface area contributed by atoms with Crippen molar-refractivity contribution in [2.24, 2.45) is 5.73 Å². The molecule has 1 aromatic heterocycles. The molecule has 0 spiro atoms. The van der Waals surface area contributed by atoms with Crippen LogP contribution >= 0.6 is 27.3 Å². The predicted molar refractivity (Wildman–Crippen MR) is 87.7 cm³/mol. The number of nitrogens with zero attached hydrogens (tertiary/aromatic N) is 1. The van der Waals surface area contributed by atoms with Crippen molar-refractivity contribution in [3.8, 4) is 0 Å². The van der Waals surface area contributed by atoms with Gasteiger partial charge >= 0.3 is 0 Å². The fraction of sp³-hybridized carbons (Fsp3) is 0.733. The summed E-state index contributed by atoms with van der Waals surface area (Å²) in [6.45, 7) is 5.64. The molecule has 0 saturated carbocycles. The molecule has 1 aliphatic heterocycles. The lowest BCUT2D eigenvalue weighted by atomic mass is 9.94. The van der Waals surface area contributed by atoms with E-state index in [0.717, 1.165) is 6.04 Å². The van der Waals surface area contributed by atoms with Crippen LogP contribution in [0.5, 0.6) is 0 Å². The van der Waals surface area contributed by atoms with Gasteiger partial charge < -0.3 is 5.73 Å². The number of rotatable bonds is 5. The van der Waals surface area contributed by atoms with Gasteiger partial charge in [-0.2, -0.15) is 0 Å². The molecule has 2 heterocycles. The summed E-state index contributed by atoms with van der Waals surface area (Å²) in [4.78, 5) is 4.08. The minimum atomic E-state index is 0.183. The Morgan fingerprint density at radius 3 is 2.89 bits per heavy atom. The summed E-state index contributed by atoms with van der Waals surface area (Å²) in [5.74, 6) is 0. The van der Waals surface area contributed by atoms with E-state index in [9.17, 15) is 0 Å². The first kappa shape index (κ1) is 15.5. The standard InChI is InChI=1S/C15H25BrN2S/c1-3-6-13-7-4-5-8-18(13)15(11(2)17)14-9-12(16)10-19-14/h9-11,13,15H,3-8,17H2,1-2H3. The fourth-order valence-electron chi connectivity index (χ4n) is 3.24. The SMILES string of the molecule is CCCC1CCCCN1C(c1cc(Br)cs1)C(C)N. The van der Waals surface area contributed by atoms with E-state index < -0.39 is 0 Å². The van der Waals surface area contributed by atoms with Crippen LogP contribution in [0.15, 0.2) is 15.9 Å². The Labute approximate surface area is 129 Å². The van der Waals surface area contributed by atoms with Crippen LogP contribution in [0.25, 0.3) is 0 Å². The molecule has 2 rings (SSSR count). The summed E-state index contributed by atoms with van der Waals surface area (Å²) in [6.07, 6.45) is 6.59. The van der Waals surface area contributed by atoms with Crippen LogP contribution in [0.1, 0.15) is 56.9 Å². The molecule has 0 bridgehead atoms. The van der Waals surface area contributed by atoms with E-state index in [2.05, 4.69) is 46.1 Å². The first-order valence-corrected chi connectivity index (χ1v) is 9.06. The lowest BCUT2D eigenvalue weighted by molar-refractivity contribution is 0.0782. The Kier molecular flexibility index (Phi) is 5.87. The quantitative estimate of drug-likeness (QED) is 0.848.